The molecule has 0 bridgehead atoms. The second kappa shape index (κ2) is 6.92. The fourth-order valence-corrected chi connectivity index (χ4v) is 3.30. The maximum Gasteiger partial charge on any atom is 0.198 e. The lowest BCUT2D eigenvalue weighted by Gasteiger charge is -2.10. The van der Waals surface area contributed by atoms with Crippen molar-refractivity contribution in [3.05, 3.63) is 54.2 Å². The van der Waals surface area contributed by atoms with Crippen LogP contribution in [0.25, 0.3) is 22.2 Å². The number of pyridine rings is 2. The summed E-state index contributed by atoms with van der Waals surface area (Å²) in [5.41, 5.74) is 5.86. The van der Waals surface area contributed by atoms with Gasteiger partial charge in [-0.2, -0.15) is 5.10 Å². The largest absolute Gasteiger partial charge is 0.494 e. The van der Waals surface area contributed by atoms with Crippen LogP contribution in [0.15, 0.2) is 48.1 Å². The Labute approximate surface area is 162 Å². The first kappa shape index (κ1) is 17.9. The van der Waals surface area contributed by atoms with Crippen molar-refractivity contribution in [2.45, 2.75) is 20.8 Å². The molecule has 0 radical (unpaired) electrons. The maximum absolute atomic E-state index is 10.7. The first-order valence-electron chi connectivity index (χ1n) is 9.13. The second-order valence-electron chi connectivity index (χ2n) is 7.18. The number of aryl methyl sites for hydroxylation is 2. The summed E-state index contributed by atoms with van der Waals surface area (Å²) < 4.78 is 1.71. The minimum absolute atomic E-state index is 0.0909. The highest BCUT2D eigenvalue weighted by Gasteiger charge is 2.21. The first-order chi connectivity index (χ1) is 13.4. The van der Waals surface area contributed by atoms with E-state index in [1.807, 2.05) is 38.5 Å². The van der Waals surface area contributed by atoms with Gasteiger partial charge in [0.05, 0.1) is 41.1 Å². The maximum atomic E-state index is 10.7. The molecule has 28 heavy (non-hydrogen) atoms. The summed E-state index contributed by atoms with van der Waals surface area (Å²) in [6, 6.07) is 3.94. The van der Waals surface area contributed by atoms with E-state index in [2.05, 4.69) is 33.9 Å². The number of aliphatic imine (C=N–C) groups is 1. The molecule has 0 aliphatic carbocycles. The van der Waals surface area contributed by atoms with Gasteiger partial charge in [-0.1, -0.05) is 13.8 Å². The van der Waals surface area contributed by atoms with Gasteiger partial charge in [-0.05, 0) is 30.5 Å². The summed E-state index contributed by atoms with van der Waals surface area (Å²) in [5, 5.41) is 15.7. The average Bonchev–Trinajstić information content (AvgIpc) is 3.21. The van der Waals surface area contributed by atoms with Gasteiger partial charge in [-0.3, -0.25) is 14.6 Å². The Hall–Kier alpha value is -3.48. The Morgan fingerprint density at radius 1 is 1.25 bits per heavy atom. The minimum atomic E-state index is 0.0909. The molecule has 4 aromatic heterocycles. The molecule has 0 aliphatic heterocycles. The van der Waals surface area contributed by atoms with E-state index in [1.165, 1.54) is 0 Å². The third kappa shape index (κ3) is 3.15. The summed E-state index contributed by atoms with van der Waals surface area (Å²) in [5.74, 6) is 0.190. The normalized spacial score (nSPS) is 12.2. The Morgan fingerprint density at radius 2 is 2.07 bits per heavy atom. The number of hydrogen-bond acceptors (Lipinski definition) is 5. The van der Waals surface area contributed by atoms with Gasteiger partial charge in [0.25, 0.3) is 0 Å². The van der Waals surface area contributed by atoms with E-state index in [1.54, 1.807) is 23.3 Å². The lowest BCUT2D eigenvalue weighted by Crippen LogP contribution is -2.09. The Kier molecular flexibility index (Phi) is 4.43. The molecule has 4 aromatic rings. The van der Waals surface area contributed by atoms with Crippen molar-refractivity contribution < 1.29 is 5.11 Å². The van der Waals surface area contributed by atoms with Crippen molar-refractivity contribution in [2.75, 3.05) is 0 Å². The van der Waals surface area contributed by atoms with Crippen LogP contribution in [0.3, 0.4) is 0 Å². The van der Waals surface area contributed by atoms with Gasteiger partial charge in [0.1, 0.15) is 5.69 Å². The van der Waals surface area contributed by atoms with Crippen LogP contribution in [-0.2, 0) is 7.05 Å². The molecular formula is C21H22N6O. The SMILES string of the molecule is Cc1ccncc1-c1cc2c(C(=Nc3cnn(C)c3)C(C)C)c(O)[nH]c2cn1. The summed E-state index contributed by atoms with van der Waals surface area (Å²) >= 11 is 0. The highest BCUT2D eigenvalue weighted by atomic mass is 16.3. The first-order valence-corrected chi connectivity index (χ1v) is 9.13. The van der Waals surface area contributed by atoms with E-state index < -0.39 is 0 Å². The number of aromatic amines is 1. The van der Waals surface area contributed by atoms with E-state index >= 15 is 0 Å². The molecule has 0 atom stereocenters. The average molecular weight is 374 g/mol. The van der Waals surface area contributed by atoms with Crippen molar-refractivity contribution in [3.63, 3.8) is 0 Å². The molecule has 0 aromatic carbocycles. The molecule has 0 fully saturated rings. The molecule has 142 valence electrons. The van der Waals surface area contributed by atoms with Gasteiger partial charge in [-0.25, -0.2) is 4.99 Å². The van der Waals surface area contributed by atoms with Crippen LogP contribution in [0, 0.1) is 12.8 Å². The zero-order valence-electron chi connectivity index (χ0n) is 16.3. The van der Waals surface area contributed by atoms with E-state index in [-0.39, 0.29) is 11.8 Å². The van der Waals surface area contributed by atoms with Gasteiger partial charge >= 0.3 is 0 Å². The third-order valence-corrected chi connectivity index (χ3v) is 4.72. The fraction of sp³-hybridized carbons (Fsp3) is 0.238. The van der Waals surface area contributed by atoms with Gasteiger partial charge in [0.2, 0.25) is 0 Å². The summed E-state index contributed by atoms with van der Waals surface area (Å²) in [6.45, 7) is 6.14. The Balaban J connectivity index is 1.92. The number of aromatic hydroxyl groups is 1. The van der Waals surface area contributed by atoms with Crippen LogP contribution >= 0.6 is 0 Å². The predicted molar refractivity (Wildman–Crippen MR) is 110 cm³/mol. The smallest absolute Gasteiger partial charge is 0.198 e. The zero-order chi connectivity index (χ0) is 19.8. The van der Waals surface area contributed by atoms with Crippen molar-refractivity contribution >= 4 is 22.3 Å². The number of hydrogen-bond donors (Lipinski definition) is 2. The monoisotopic (exact) mass is 374 g/mol. The molecule has 0 spiro atoms. The Morgan fingerprint density at radius 3 is 2.75 bits per heavy atom. The van der Waals surface area contributed by atoms with Crippen LogP contribution in [-0.4, -0.2) is 35.6 Å². The standard InChI is InChI=1S/C21H22N6O/c1-12(2)20(25-14-8-24-27(4)11-14)19-15-7-17(16-9-22-6-5-13(16)3)23-10-18(15)26-21(19)28/h5-12,26,28H,1-4H3. The van der Waals surface area contributed by atoms with Crippen LogP contribution < -0.4 is 0 Å². The number of nitrogens with one attached hydrogen (secondary N) is 1. The van der Waals surface area contributed by atoms with Crippen molar-refractivity contribution in [2.24, 2.45) is 18.0 Å². The molecule has 7 heteroatoms. The molecule has 0 saturated heterocycles. The predicted octanol–water partition coefficient (Wildman–Crippen LogP) is 4.15. The van der Waals surface area contributed by atoms with Crippen LogP contribution in [0.5, 0.6) is 5.88 Å². The highest BCUT2D eigenvalue weighted by molar-refractivity contribution is 6.14. The van der Waals surface area contributed by atoms with E-state index in [0.29, 0.717) is 5.56 Å². The number of aromatic nitrogens is 5. The number of fused-ring (bicyclic) bond motifs is 1. The molecule has 4 rings (SSSR count). The van der Waals surface area contributed by atoms with Gasteiger partial charge in [0, 0.05) is 30.4 Å². The van der Waals surface area contributed by atoms with E-state index in [4.69, 9.17) is 4.99 Å². The second-order valence-corrected chi connectivity index (χ2v) is 7.18. The number of rotatable bonds is 4. The number of nitrogens with zero attached hydrogens (tertiary/aromatic N) is 5. The highest BCUT2D eigenvalue weighted by Crippen LogP contribution is 2.33. The lowest BCUT2D eigenvalue weighted by molar-refractivity contribution is 0.457. The van der Waals surface area contributed by atoms with Crippen LogP contribution in [0.1, 0.15) is 25.0 Å². The fourth-order valence-electron chi connectivity index (χ4n) is 3.30. The van der Waals surface area contributed by atoms with Gasteiger partial charge in [0.15, 0.2) is 5.88 Å². The van der Waals surface area contributed by atoms with Crippen molar-refractivity contribution in [1.29, 1.82) is 0 Å². The summed E-state index contributed by atoms with van der Waals surface area (Å²) in [4.78, 5) is 16.6. The molecule has 7 nitrogen and oxygen atoms in total. The van der Waals surface area contributed by atoms with Gasteiger partial charge < -0.3 is 10.1 Å². The quantitative estimate of drug-likeness (QED) is 0.525. The van der Waals surface area contributed by atoms with Crippen molar-refractivity contribution in [1.82, 2.24) is 24.7 Å². The summed E-state index contributed by atoms with van der Waals surface area (Å²) in [6.07, 6.45) is 8.87. The van der Waals surface area contributed by atoms with Gasteiger partial charge in [-0.15, -0.1) is 0 Å². The summed E-state index contributed by atoms with van der Waals surface area (Å²) in [7, 11) is 1.85. The molecule has 0 saturated carbocycles. The molecule has 0 amide bonds. The lowest BCUT2D eigenvalue weighted by atomic mass is 9.98. The zero-order valence-corrected chi connectivity index (χ0v) is 16.3. The van der Waals surface area contributed by atoms with Crippen LogP contribution in [0.4, 0.5) is 5.69 Å². The number of H-pyrrole nitrogens is 1. The van der Waals surface area contributed by atoms with Crippen LogP contribution in [0.2, 0.25) is 0 Å². The molecule has 0 unspecified atom stereocenters. The topological polar surface area (TPSA) is 92.0 Å². The third-order valence-electron chi connectivity index (χ3n) is 4.72. The molecule has 2 N–H and O–H groups in total. The Bertz CT molecular complexity index is 1180. The molecule has 4 heterocycles. The van der Waals surface area contributed by atoms with E-state index in [0.717, 1.165) is 39.1 Å². The van der Waals surface area contributed by atoms with Crippen molar-refractivity contribution in [3.8, 4) is 17.1 Å². The molecular weight excluding hydrogens is 352 g/mol. The van der Waals surface area contributed by atoms with E-state index in [9.17, 15) is 5.11 Å². The minimum Gasteiger partial charge on any atom is -0.494 e. The molecule has 0 aliphatic rings.